The number of nitrogen functional groups attached to an aromatic ring is 1. The molecule has 1 fully saturated rings. The average molecular weight is 283 g/mol. The molecule has 0 spiro atoms. The lowest BCUT2D eigenvalue weighted by atomic mass is 10.1. The monoisotopic (exact) mass is 283 g/mol. The minimum atomic E-state index is -0.540. The molecule has 4 nitrogen and oxygen atoms in total. The summed E-state index contributed by atoms with van der Waals surface area (Å²) in [4.78, 5) is 17.8. The Morgan fingerprint density at radius 3 is 3.00 bits per heavy atom. The van der Waals surface area contributed by atoms with Gasteiger partial charge >= 0.3 is 0 Å². The van der Waals surface area contributed by atoms with Crippen molar-refractivity contribution in [2.45, 2.75) is 25.0 Å². The molecule has 0 atom stereocenters. The third kappa shape index (κ3) is 3.37. The molecule has 2 heterocycles. The van der Waals surface area contributed by atoms with Crippen LogP contribution in [0.15, 0.2) is 12.3 Å². The summed E-state index contributed by atoms with van der Waals surface area (Å²) in [5, 5.41) is 0. The zero-order valence-electron chi connectivity index (χ0n) is 11.1. The third-order valence-corrected chi connectivity index (χ3v) is 4.61. The average Bonchev–Trinajstić information content (AvgIpc) is 2.52. The van der Waals surface area contributed by atoms with Crippen molar-refractivity contribution >= 4 is 23.5 Å². The number of aromatic nitrogens is 1. The molecule has 6 heteroatoms. The first-order chi connectivity index (χ1) is 8.89. The molecule has 2 rings (SSSR count). The summed E-state index contributed by atoms with van der Waals surface area (Å²) in [6.07, 6.45) is 1.93. The summed E-state index contributed by atoms with van der Waals surface area (Å²) in [6.45, 7) is 5.66. The first kappa shape index (κ1) is 14.1. The highest BCUT2D eigenvalue weighted by Crippen LogP contribution is 2.31. The van der Waals surface area contributed by atoms with E-state index in [4.69, 9.17) is 5.73 Å². The van der Waals surface area contributed by atoms with E-state index in [-0.39, 0.29) is 22.0 Å². The number of pyridine rings is 1. The summed E-state index contributed by atoms with van der Waals surface area (Å²) in [5.74, 6) is 0.189. The van der Waals surface area contributed by atoms with E-state index in [1.807, 2.05) is 11.8 Å². The second kappa shape index (κ2) is 5.36. The maximum Gasteiger partial charge on any atom is 0.257 e. The van der Waals surface area contributed by atoms with Crippen LogP contribution in [0.5, 0.6) is 0 Å². The van der Waals surface area contributed by atoms with Crippen molar-refractivity contribution in [3.05, 3.63) is 23.6 Å². The summed E-state index contributed by atoms with van der Waals surface area (Å²) in [7, 11) is 0. The van der Waals surface area contributed by atoms with Gasteiger partial charge in [0.1, 0.15) is 11.6 Å². The van der Waals surface area contributed by atoms with Crippen LogP contribution < -0.4 is 5.73 Å². The van der Waals surface area contributed by atoms with Gasteiger partial charge in [0, 0.05) is 23.6 Å². The second-order valence-corrected chi connectivity index (χ2v) is 7.04. The summed E-state index contributed by atoms with van der Waals surface area (Å²) in [6, 6.07) is 1.16. The number of thioether (sulfide) groups is 1. The lowest BCUT2D eigenvalue weighted by Gasteiger charge is -2.23. The quantitative estimate of drug-likeness (QED) is 0.858. The van der Waals surface area contributed by atoms with Gasteiger partial charge in [-0.05, 0) is 12.5 Å². The molecule has 19 heavy (non-hydrogen) atoms. The van der Waals surface area contributed by atoms with Crippen LogP contribution in [-0.4, -0.2) is 39.4 Å². The SMILES string of the molecule is CC1(C)CCN(C(=O)c2cc(F)cnc2N)CCS1. The highest BCUT2D eigenvalue weighted by Gasteiger charge is 2.27. The van der Waals surface area contributed by atoms with Crippen LogP contribution in [0.4, 0.5) is 10.2 Å². The lowest BCUT2D eigenvalue weighted by Crippen LogP contribution is -2.34. The first-order valence-electron chi connectivity index (χ1n) is 6.23. The number of halogens is 1. The van der Waals surface area contributed by atoms with Crippen LogP contribution in [0.3, 0.4) is 0 Å². The molecule has 1 aliphatic rings. The van der Waals surface area contributed by atoms with Crippen molar-refractivity contribution in [1.82, 2.24) is 9.88 Å². The minimum absolute atomic E-state index is 0.0857. The Balaban J connectivity index is 2.17. The van der Waals surface area contributed by atoms with Gasteiger partial charge in [0.25, 0.3) is 5.91 Å². The van der Waals surface area contributed by atoms with Crippen molar-refractivity contribution in [1.29, 1.82) is 0 Å². The van der Waals surface area contributed by atoms with Crippen LogP contribution in [0.1, 0.15) is 30.6 Å². The minimum Gasteiger partial charge on any atom is -0.383 e. The Hall–Kier alpha value is -1.30. The number of carbonyl (C=O) groups excluding carboxylic acids is 1. The Morgan fingerprint density at radius 2 is 2.26 bits per heavy atom. The standard InChI is InChI=1S/C13H18FN3OS/c1-13(2)3-4-17(5-6-19-13)12(18)10-7-9(14)8-16-11(10)15/h7-8H,3-6H2,1-2H3,(H2,15,16). The Bertz CT molecular complexity index is 493. The zero-order valence-corrected chi connectivity index (χ0v) is 12.0. The number of nitrogens with zero attached hydrogens (tertiary/aromatic N) is 2. The molecular formula is C13H18FN3OS. The molecular weight excluding hydrogens is 265 g/mol. The molecule has 1 aromatic rings. The summed E-state index contributed by atoms with van der Waals surface area (Å²) >= 11 is 1.85. The Morgan fingerprint density at radius 1 is 1.53 bits per heavy atom. The van der Waals surface area contributed by atoms with Gasteiger partial charge in [0.05, 0.1) is 11.8 Å². The van der Waals surface area contributed by atoms with E-state index in [1.54, 1.807) is 4.90 Å². The van der Waals surface area contributed by atoms with Crippen LogP contribution in [0.25, 0.3) is 0 Å². The van der Waals surface area contributed by atoms with Crippen LogP contribution in [0.2, 0.25) is 0 Å². The number of nitrogens with two attached hydrogens (primary N) is 1. The number of rotatable bonds is 1. The molecule has 2 N–H and O–H groups in total. The first-order valence-corrected chi connectivity index (χ1v) is 7.22. The van der Waals surface area contributed by atoms with E-state index in [0.717, 1.165) is 24.4 Å². The smallest absolute Gasteiger partial charge is 0.257 e. The van der Waals surface area contributed by atoms with Gasteiger partial charge in [-0.25, -0.2) is 9.37 Å². The highest BCUT2D eigenvalue weighted by molar-refractivity contribution is 8.00. The molecule has 1 saturated heterocycles. The van der Waals surface area contributed by atoms with Gasteiger partial charge in [-0.3, -0.25) is 4.79 Å². The number of hydrogen-bond acceptors (Lipinski definition) is 4. The van der Waals surface area contributed by atoms with Crippen molar-refractivity contribution in [2.75, 3.05) is 24.6 Å². The molecule has 0 unspecified atom stereocenters. The predicted molar refractivity (Wildman–Crippen MR) is 75.7 cm³/mol. The molecule has 0 saturated carbocycles. The van der Waals surface area contributed by atoms with Crippen LogP contribution in [-0.2, 0) is 0 Å². The molecule has 0 radical (unpaired) electrons. The van der Waals surface area contributed by atoms with E-state index < -0.39 is 5.82 Å². The number of anilines is 1. The molecule has 1 aromatic heterocycles. The third-order valence-electron chi connectivity index (χ3n) is 3.24. The molecule has 0 bridgehead atoms. The van der Waals surface area contributed by atoms with Crippen LogP contribution >= 0.6 is 11.8 Å². The van der Waals surface area contributed by atoms with Gasteiger partial charge in [0.2, 0.25) is 0 Å². The normalized spacial score (nSPS) is 19.0. The number of carbonyl (C=O) groups is 1. The largest absolute Gasteiger partial charge is 0.383 e. The molecule has 1 amide bonds. The maximum atomic E-state index is 13.2. The van der Waals surface area contributed by atoms with Gasteiger partial charge in [-0.15, -0.1) is 0 Å². The van der Waals surface area contributed by atoms with Crippen molar-refractivity contribution < 1.29 is 9.18 Å². The van der Waals surface area contributed by atoms with Crippen molar-refractivity contribution in [3.8, 4) is 0 Å². The van der Waals surface area contributed by atoms with E-state index in [0.29, 0.717) is 13.1 Å². The number of hydrogen-bond donors (Lipinski definition) is 1. The van der Waals surface area contributed by atoms with E-state index >= 15 is 0 Å². The number of amides is 1. The summed E-state index contributed by atoms with van der Waals surface area (Å²) < 4.78 is 13.4. The topological polar surface area (TPSA) is 59.2 Å². The van der Waals surface area contributed by atoms with E-state index in [2.05, 4.69) is 18.8 Å². The van der Waals surface area contributed by atoms with Crippen LogP contribution in [0, 0.1) is 5.82 Å². The molecule has 1 aliphatic heterocycles. The fourth-order valence-corrected chi connectivity index (χ4v) is 3.11. The lowest BCUT2D eigenvalue weighted by molar-refractivity contribution is 0.0765. The van der Waals surface area contributed by atoms with Crippen molar-refractivity contribution in [2.24, 2.45) is 0 Å². The fourth-order valence-electron chi connectivity index (χ4n) is 2.01. The van der Waals surface area contributed by atoms with Gasteiger partial charge in [-0.1, -0.05) is 13.8 Å². The second-order valence-electron chi connectivity index (χ2n) is 5.24. The highest BCUT2D eigenvalue weighted by atomic mass is 32.2. The van der Waals surface area contributed by atoms with Gasteiger partial charge < -0.3 is 10.6 Å². The van der Waals surface area contributed by atoms with E-state index in [1.165, 1.54) is 0 Å². The Kier molecular flexibility index (Phi) is 3.99. The summed E-state index contributed by atoms with van der Waals surface area (Å²) in [5.41, 5.74) is 5.82. The van der Waals surface area contributed by atoms with E-state index in [9.17, 15) is 9.18 Å². The molecule has 0 aliphatic carbocycles. The van der Waals surface area contributed by atoms with Crippen molar-refractivity contribution in [3.63, 3.8) is 0 Å². The van der Waals surface area contributed by atoms with Gasteiger partial charge in [0.15, 0.2) is 0 Å². The molecule has 0 aromatic carbocycles. The maximum absolute atomic E-state index is 13.2. The Labute approximate surface area is 116 Å². The fraction of sp³-hybridized carbons (Fsp3) is 0.538. The zero-order chi connectivity index (χ0) is 14.0. The molecule has 104 valence electrons. The van der Waals surface area contributed by atoms with Gasteiger partial charge in [-0.2, -0.15) is 11.8 Å². The predicted octanol–water partition coefficient (Wildman–Crippen LogP) is 2.16.